The molecule has 0 spiro atoms. The molecule has 7 nitrogen and oxygen atoms in total. The summed E-state index contributed by atoms with van der Waals surface area (Å²) in [7, 11) is 0. The van der Waals surface area contributed by atoms with Gasteiger partial charge in [0, 0.05) is 10.9 Å². The Morgan fingerprint density at radius 1 is 1.29 bits per heavy atom. The van der Waals surface area contributed by atoms with Crippen LogP contribution >= 0.6 is 23.1 Å². The Labute approximate surface area is 171 Å². The average Bonchev–Trinajstić information content (AvgIpc) is 3.26. The van der Waals surface area contributed by atoms with E-state index >= 15 is 0 Å². The summed E-state index contributed by atoms with van der Waals surface area (Å²) in [6.45, 7) is 2.23. The quantitative estimate of drug-likeness (QED) is 0.521. The lowest BCUT2D eigenvalue weighted by atomic mass is 9.89. The molecule has 0 aromatic carbocycles. The molecule has 1 fully saturated rings. The molecule has 0 unspecified atom stereocenters. The van der Waals surface area contributed by atoms with Gasteiger partial charge >= 0.3 is 6.03 Å². The number of H-pyrrole nitrogens is 1. The fourth-order valence-electron chi connectivity index (χ4n) is 3.99. The molecule has 4 rings (SSSR count). The summed E-state index contributed by atoms with van der Waals surface area (Å²) in [6, 6.07) is -0.289. The molecule has 3 amide bonds. The summed E-state index contributed by atoms with van der Waals surface area (Å²) in [4.78, 5) is 45.8. The summed E-state index contributed by atoms with van der Waals surface area (Å²) in [5.74, 6) is 0.254. The van der Waals surface area contributed by atoms with E-state index in [-0.39, 0.29) is 17.4 Å². The van der Waals surface area contributed by atoms with E-state index in [4.69, 9.17) is 0 Å². The van der Waals surface area contributed by atoms with Crippen molar-refractivity contribution in [3.63, 3.8) is 0 Å². The van der Waals surface area contributed by atoms with Crippen LogP contribution in [0.3, 0.4) is 0 Å². The predicted molar refractivity (Wildman–Crippen MR) is 111 cm³/mol. The summed E-state index contributed by atoms with van der Waals surface area (Å²) in [5, 5.41) is 6.28. The molecule has 0 saturated heterocycles. The highest BCUT2D eigenvalue weighted by Crippen LogP contribution is 2.36. The van der Waals surface area contributed by atoms with Crippen LogP contribution in [0.5, 0.6) is 0 Å². The molecule has 28 heavy (non-hydrogen) atoms. The number of carbonyl (C=O) groups excluding carboxylic acids is 2. The number of aromatic amines is 1. The smallest absolute Gasteiger partial charge is 0.321 e. The minimum atomic E-state index is -0.450. The van der Waals surface area contributed by atoms with E-state index in [1.165, 1.54) is 4.88 Å². The van der Waals surface area contributed by atoms with E-state index in [0.717, 1.165) is 67.1 Å². The van der Waals surface area contributed by atoms with Gasteiger partial charge in [-0.15, -0.1) is 11.3 Å². The second-order valence-corrected chi connectivity index (χ2v) is 9.74. The van der Waals surface area contributed by atoms with Gasteiger partial charge < -0.3 is 10.3 Å². The second-order valence-electron chi connectivity index (χ2n) is 7.69. The Bertz CT molecular complexity index is 962. The molecular formula is C19H24N4O3S2. The number of nitrogens with one attached hydrogen (secondary N) is 3. The van der Waals surface area contributed by atoms with Crippen LogP contribution in [0.15, 0.2) is 9.95 Å². The first-order chi connectivity index (χ1) is 13.5. The highest BCUT2D eigenvalue weighted by atomic mass is 32.2. The number of rotatable bonds is 4. The standard InChI is InChI=1S/C19H24N4O3S2/c1-10-6-7-12-13(8-10)28-17-15(12)16(25)22-19(23-17)27-9-14(24)21-18(26)20-11-4-2-3-5-11/h10-11H,2-9H2,1H3,(H,22,23,25)(H2,20,21,24,26)/t10-/m0/s1. The Balaban J connectivity index is 1.38. The van der Waals surface area contributed by atoms with Crippen molar-refractivity contribution >= 4 is 45.3 Å². The molecule has 2 aliphatic carbocycles. The van der Waals surface area contributed by atoms with E-state index in [0.29, 0.717) is 16.5 Å². The van der Waals surface area contributed by atoms with Gasteiger partial charge in [0.25, 0.3) is 5.56 Å². The molecule has 150 valence electrons. The Kier molecular flexibility index (Phi) is 5.73. The predicted octanol–water partition coefficient (Wildman–Crippen LogP) is 2.97. The summed E-state index contributed by atoms with van der Waals surface area (Å²) >= 11 is 2.72. The summed E-state index contributed by atoms with van der Waals surface area (Å²) in [6.07, 6.45) is 7.17. The van der Waals surface area contributed by atoms with Crippen molar-refractivity contribution in [1.29, 1.82) is 0 Å². The zero-order chi connectivity index (χ0) is 19.7. The van der Waals surface area contributed by atoms with Gasteiger partial charge in [0.05, 0.1) is 11.1 Å². The van der Waals surface area contributed by atoms with Gasteiger partial charge in [0.1, 0.15) is 4.83 Å². The maximum atomic E-state index is 12.6. The number of hydrogen-bond donors (Lipinski definition) is 3. The maximum Gasteiger partial charge on any atom is 0.321 e. The van der Waals surface area contributed by atoms with Crippen molar-refractivity contribution in [1.82, 2.24) is 20.6 Å². The molecule has 0 bridgehead atoms. The van der Waals surface area contributed by atoms with Crippen molar-refractivity contribution in [2.75, 3.05) is 5.75 Å². The number of amides is 3. The number of thiophene rings is 1. The van der Waals surface area contributed by atoms with Gasteiger partial charge in [-0.05, 0) is 43.6 Å². The maximum absolute atomic E-state index is 12.6. The molecule has 0 aliphatic heterocycles. The monoisotopic (exact) mass is 420 g/mol. The normalized spacial score (nSPS) is 19.5. The van der Waals surface area contributed by atoms with Crippen LogP contribution in [-0.4, -0.2) is 33.7 Å². The molecule has 2 aromatic heterocycles. The van der Waals surface area contributed by atoms with Crippen LogP contribution < -0.4 is 16.2 Å². The molecule has 3 N–H and O–H groups in total. The highest BCUT2D eigenvalue weighted by molar-refractivity contribution is 7.99. The molecule has 9 heteroatoms. The van der Waals surface area contributed by atoms with E-state index in [1.807, 2.05) is 0 Å². The molecule has 1 saturated carbocycles. The second kappa shape index (κ2) is 8.24. The number of thioether (sulfide) groups is 1. The van der Waals surface area contributed by atoms with Crippen LogP contribution in [0, 0.1) is 5.92 Å². The largest absolute Gasteiger partial charge is 0.335 e. The van der Waals surface area contributed by atoms with E-state index in [9.17, 15) is 14.4 Å². The third kappa shape index (κ3) is 4.25. The molecule has 2 aliphatic rings. The number of fused-ring (bicyclic) bond motifs is 3. The SMILES string of the molecule is C[C@H]1CCc2c(sc3nc(SCC(=O)NC(=O)NC4CCCC4)[nH]c(=O)c23)C1. The fourth-order valence-corrected chi connectivity index (χ4v) is 6.09. The summed E-state index contributed by atoms with van der Waals surface area (Å²) in [5.41, 5.74) is 1.00. The van der Waals surface area contributed by atoms with Crippen LogP contribution in [0.1, 0.15) is 49.5 Å². The third-order valence-electron chi connectivity index (χ3n) is 5.43. The van der Waals surface area contributed by atoms with E-state index in [1.54, 1.807) is 11.3 Å². The van der Waals surface area contributed by atoms with Gasteiger partial charge in [0.2, 0.25) is 5.91 Å². The minimum Gasteiger partial charge on any atom is -0.335 e. The van der Waals surface area contributed by atoms with Crippen LogP contribution in [0.4, 0.5) is 4.79 Å². The number of nitrogens with zero attached hydrogens (tertiary/aromatic N) is 1. The molecule has 0 radical (unpaired) electrons. The Morgan fingerprint density at radius 2 is 2.07 bits per heavy atom. The average molecular weight is 421 g/mol. The number of imide groups is 1. The minimum absolute atomic E-state index is 0.0225. The first kappa shape index (κ1) is 19.4. The molecule has 2 heterocycles. The number of hydrogen-bond acceptors (Lipinski definition) is 6. The topological polar surface area (TPSA) is 104 Å². The third-order valence-corrected chi connectivity index (χ3v) is 7.45. The van der Waals surface area contributed by atoms with Crippen molar-refractivity contribution < 1.29 is 9.59 Å². The van der Waals surface area contributed by atoms with Crippen molar-refractivity contribution in [3.05, 3.63) is 20.8 Å². The van der Waals surface area contributed by atoms with Gasteiger partial charge in [0.15, 0.2) is 5.16 Å². The van der Waals surface area contributed by atoms with Crippen LogP contribution in [0.2, 0.25) is 0 Å². The van der Waals surface area contributed by atoms with Gasteiger partial charge in [-0.1, -0.05) is 31.5 Å². The number of aromatic nitrogens is 2. The number of carbonyl (C=O) groups is 2. The number of urea groups is 1. The zero-order valence-electron chi connectivity index (χ0n) is 15.8. The lowest BCUT2D eigenvalue weighted by Gasteiger charge is -2.17. The van der Waals surface area contributed by atoms with Gasteiger partial charge in [-0.3, -0.25) is 14.9 Å². The first-order valence-corrected chi connectivity index (χ1v) is 11.6. The van der Waals surface area contributed by atoms with Gasteiger partial charge in [-0.25, -0.2) is 9.78 Å². The Morgan fingerprint density at radius 3 is 2.86 bits per heavy atom. The summed E-state index contributed by atoms with van der Waals surface area (Å²) < 4.78 is 0. The van der Waals surface area contributed by atoms with Crippen molar-refractivity contribution in [3.8, 4) is 0 Å². The van der Waals surface area contributed by atoms with E-state index in [2.05, 4.69) is 27.5 Å². The van der Waals surface area contributed by atoms with Crippen LogP contribution in [0.25, 0.3) is 10.2 Å². The van der Waals surface area contributed by atoms with Crippen molar-refractivity contribution in [2.45, 2.75) is 63.1 Å². The lowest BCUT2D eigenvalue weighted by Crippen LogP contribution is -2.44. The zero-order valence-corrected chi connectivity index (χ0v) is 17.4. The van der Waals surface area contributed by atoms with Crippen molar-refractivity contribution in [2.24, 2.45) is 5.92 Å². The van der Waals surface area contributed by atoms with Crippen LogP contribution in [-0.2, 0) is 17.6 Å². The van der Waals surface area contributed by atoms with Gasteiger partial charge in [-0.2, -0.15) is 0 Å². The molecule has 1 atom stereocenters. The number of aryl methyl sites for hydroxylation is 1. The first-order valence-electron chi connectivity index (χ1n) is 9.77. The molecule has 2 aromatic rings. The fraction of sp³-hybridized carbons (Fsp3) is 0.579. The Hall–Kier alpha value is -1.87. The van der Waals surface area contributed by atoms with E-state index < -0.39 is 11.9 Å². The highest BCUT2D eigenvalue weighted by Gasteiger charge is 2.23. The molecular weight excluding hydrogens is 396 g/mol. The lowest BCUT2D eigenvalue weighted by molar-refractivity contribution is -0.117.